The SMILES string of the molecule is Cc1ccc2c(ccn2CCCCN)c1. The van der Waals surface area contributed by atoms with E-state index in [1.54, 1.807) is 0 Å². The highest BCUT2D eigenvalue weighted by atomic mass is 14.9. The second kappa shape index (κ2) is 4.49. The molecule has 0 amide bonds. The van der Waals surface area contributed by atoms with E-state index in [2.05, 4.69) is 42.0 Å². The van der Waals surface area contributed by atoms with Gasteiger partial charge in [-0.3, -0.25) is 0 Å². The molecule has 1 aromatic heterocycles. The Hall–Kier alpha value is -1.28. The summed E-state index contributed by atoms with van der Waals surface area (Å²) in [5.74, 6) is 0. The highest BCUT2D eigenvalue weighted by molar-refractivity contribution is 5.80. The lowest BCUT2D eigenvalue weighted by Crippen LogP contribution is -2.02. The van der Waals surface area contributed by atoms with Crippen molar-refractivity contribution in [2.24, 2.45) is 5.73 Å². The number of benzene rings is 1. The normalized spacial score (nSPS) is 11.1. The quantitative estimate of drug-likeness (QED) is 0.759. The third-order valence-electron chi connectivity index (χ3n) is 2.78. The van der Waals surface area contributed by atoms with Crippen LogP contribution >= 0.6 is 0 Å². The maximum absolute atomic E-state index is 5.49. The number of hydrogen-bond donors (Lipinski definition) is 1. The molecule has 0 aliphatic heterocycles. The molecule has 0 saturated heterocycles. The average Bonchev–Trinajstić information content (AvgIpc) is 2.61. The number of nitrogens with zero attached hydrogens (tertiary/aromatic N) is 1. The summed E-state index contributed by atoms with van der Waals surface area (Å²) in [5, 5.41) is 1.34. The summed E-state index contributed by atoms with van der Waals surface area (Å²) in [6.07, 6.45) is 4.43. The highest BCUT2D eigenvalue weighted by Crippen LogP contribution is 2.17. The molecule has 0 saturated carbocycles. The Morgan fingerprint density at radius 1 is 1.20 bits per heavy atom. The van der Waals surface area contributed by atoms with Gasteiger partial charge in [-0.15, -0.1) is 0 Å². The summed E-state index contributed by atoms with van der Waals surface area (Å²) < 4.78 is 2.31. The third kappa shape index (κ3) is 2.21. The molecule has 2 aromatic rings. The zero-order chi connectivity index (χ0) is 10.7. The van der Waals surface area contributed by atoms with Crippen LogP contribution in [0.3, 0.4) is 0 Å². The van der Waals surface area contributed by atoms with E-state index >= 15 is 0 Å². The molecular formula is C13H18N2. The summed E-state index contributed by atoms with van der Waals surface area (Å²) in [6, 6.07) is 8.79. The number of nitrogens with two attached hydrogens (primary N) is 1. The lowest BCUT2D eigenvalue weighted by molar-refractivity contribution is 0.630. The second-order valence-corrected chi connectivity index (χ2v) is 4.07. The van der Waals surface area contributed by atoms with Gasteiger partial charge in [-0.2, -0.15) is 0 Å². The first-order valence-corrected chi connectivity index (χ1v) is 5.57. The van der Waals surface area contributed by atoms with E-state index in [-0.39, 0.29) is 0 Å². The van der Waals surface area contributed by atoms with Gasteiger partial charge in [0.25, 0.3) is 0 Å². The molecule has 1 heterocycles. The summed E-state index contributed by atoms with van der Waals surface area (Å²) in [5.41, 5.74) is 8.14. The predicted molar refractivity (Wildman–Crippen MR) is 65.0 cm³/mol. The molecule has 0 radical (unpaired) electrons. The molecule has 2 heteroatoms. The molecule has 0 fully saturated rings. The van der Waals surface area contributed by atoms with Crippen LogP contribution in [0.4, 0.5) is 0 Å². The lowest BCUT2D eigenvalue weighted by Gasteiger charge is -2.04. The van der Waals surface area contributed by atoms with Crippen molar-refractivity contribution in [2.45, 2.75) is 26.3 Å². The van der Waals surface area contributed by atoms with Gasteiger partial charge < -0.3 is 10.3 Å². The van der Waals surface area contributed by atoms with Crippen LogP contribution in [0.25, 0.3) is 10.9 Å². The van der Waals surface area contributed by atoms with Crippen LogP contribution in [0.2, 0.25) is 0 Å². The van der Waals surface area contributed by atoms with Gasteiger partial charge in [-0.25, -0.2) is 0 Å². The average molecular weight is 202 g/mol. The molecule has 80 valence electrons. The Balaban J connectivity index is 2.21. The van der Waals surface area contributed by atoms with E-state index < -0.39 is 0 Å². The van der Waals surface area contributed by atoms with Crippen LogP contribution in [-0.2, 0) is 6.54 Å². The smallest absolute Gasteiger partial charge is 0.0480 e. The van der Waals surface area contributed by atoms with Gasteiger partial charge in [0.2, 0.25) is 0 Å². The number of rotatable bonds is 4. The minimum atomic E-state index is 0.790. The van der Waals surface area contributed by atoms with Crippen LogP contribution in [0.5, 0.6) is 0 Å². The summed E-state index contributed by atoms with van der Waals surface area (Å²) in [6.45, 7) is 3.99. The van der Waals surface area contributed by atoms with Gasteiger partial charge in [-0.05, 0) is 49.9 Å². The first-order valence-electron chi connectivity index (χ1n) is 5.57. The number of aromatic nitrogens is 1. The lowest BCUT2D eigenvalue weighted by atomic mass is 10.2. The molecule has 0 atom stereocenters. The number of fused-ring (bicyclic) bond motifs is 1. The Bertz CT molecular complexity index is 443. The summed E-state index contributed by atoms with van der Waals surface area (Å²) in [7, 11) is 0. The van der Waals surface area contributed by atoms with Gasteiger partial charge in [0, 0.05) is 18.3 Å². The Morgan fingerprint density at radius 3 is 2.87 bits per heavy atom. The third-order valence-corrected chi connectivity index (χ3v) is 2.78. The molecule has 2 N–H and O–H groups in total. The molecule has 0 bridgehead atoms. The van der Waals surface area contributed by atoms with E-state index in [1.807, 2.05) is 0 Å². The van der Waals surface area contributed by atoms with Crippen LogP contribution < -0.4 is 5.73 Å². The first kappa shape index (κ1) is 10.2. The largest absolute Gasteiger partial charge is 0.347 e. The monoisotopic (exact) mass is 202 g/mol. The molecule has 0 unspecified atom stereocenters. The Labute approximate surface area is 90.7 Å². The number of unbranched alkanes of at least 4 members (excludes halogenated alkanes) is 1. The molecule has 1 aromatic carbocycles. The molecular weight excluding hydrogens is 184 g/mol. The fourth-order valence-corrected chi connectivity index (χ4v) is 1.94. The molecule has 0 aliphatic rings. The Kier molecular flexibility index (Phi) is 3.07. The van der Waals surface area contributed by atoms with Crippen molar-refractivity contribution in [3.05, 3.63) is 36.0 Å². The van der Waals surface area contributed by atoms with Crippen molar-refractivity contribution in [2.75, 3.05) is 6.54 Å². The fourth-order valence-electron chi connectivity index (χ4n) is 1.94. The summed E-state index contributed by atoms with van der Waals surface area (Å²) in [4.78, 5) is 0. The van der Waals surface area contributed by atoms with Crippen molar-refractivity contribution in [3.63, 3.8) is 0 Å². The maximum atomic E-state index is 5.49. The van der Waals surface area contributed by atoms with Crippen LogP contribution in [-0.4, -0.2) is 11.1 Å². The van der Waals surface area contributed by atoms with Crippen molar-refractivity contribution in [3.8, 4) is 0 Å². The zero-order valence-electron chi connectivity index (χ0n) is 9.24. The molecule has 0 spiro atoms. The molecule has 0 aliphatic carbocycles. The van der Waals surface area contributed by atoms with Gasteiger partial charge in [0.15, 0.2) is 0 Å². The first-order chi connectivity index (χ1) is 7.31. The van der Waals surface area contributed by atoms with Crippen LogP contribution in [0.1, 0.15) is 18.4 Å². The maximum Gasteiger partial charge on any atom is 0.0480 e. The zero-order valence-corrected chi connectivity index (χ0v) is 9.24. The van der Waals surface area contributed by atoms with Gasteiger partial charge in [0.1, 0.15) is 0 Å². The minimum absolute atomic E-state index is 0.790. The standard InChI is InChI=1S/C13H18N2/c1-11-4-5-13-12(10-11)6-9-15(13)8-3-2-7-14/h4-6,9-10H,2-3,7-8,14H2,1H3. The highest BCUT2D eigenvalue weighted by Gasteiger charge is 2.00. The van der Waals surface area contributed by atoms with E-state index in [9.17, 15) is 0 Å². The number of hydrogen-bond acceptors (Lipinski definition) is 1. The van der Waals surface area contributed by atoms with Crippen molar-refractivity contribution in [1.29, 1.82) is 0 Å². The number of aryl methyl sites for hydroxylation is 2. The summed E-state index contributed by atoms with van der Waals surface area (Å²) >= 11 is 0. The van der Waals surface area contributed by atoms with E-state index in [1.165, 1.54) is 16.5 Å². The van der Waals surface area contributed by atoms with Gasteiger partial charge in [0.05, 0.1) is 0 Å². The predicted octanol–water partition coefficient (Wildman–Crippen LogP) is 2.69. The molecule has 15 heavy (non-hydrogen) atoms. The van der Waals surface area contributed by atoms with Crippen molar-refractivity contribution in [1.82, 2.24) is 4.57 Å². The van der Waals surface area contributed by atoms with Crippen LogP contribution in [0.15, 0.2) is 30.5 Å². The second-order valence-electron chi connectivity index (χ2n) is 4.07. The van der Waals surface area contributed by atoms with Crippen LogP contribution in [0, 0.1) is 6.92 Å². The topological polar surface area (TPSA) is 30.9 Å². The molecule has 2 rings (SSSR count). The minimum Gasteiger partial charge on any atom is -0.347 e. The fraction of sp³-hybridized carbons (Fsp3) is 0.385. The van der Waals surface area contributed by atoms with E-state index in [0.29, 0.717) is 0 Å². The molecule has 2 nitrogen and oxygen atoms in total. The van der Waals surface area contributed by atoms with Gasteiger partial charge in [-0.1, -0.05) is 11.6 Å². The van der Waals surface area contributed by atoms with Gasteiger partial charge >= 0.3 is 0 Å². The van der Waals surface area contributed by atoms with E-state index in [0.717, 1.165) is 25.9 Å². The van der Waals surface area contributed by atoms with E-state index in [4.69, 9.17) is 5.73 Å². The van der Waals surface area contributed by atoms with Crippen molar-refractivity contribution >= 4 is 10.9 Å². The Morgan fingerprint density at radius 2 is 2.07 bits per heavy atom. The van der Waals surface area contributed by atoms with Crippen molar-refractivity contribution < 1.29 is 0 Å².